The molecule has 0 spiro atoms. The molecule has 0 radical (unpaired) electrons. The third kappa shape index (κ3) is 7.54. The summed E-state index contributed by atoms with van der Waals surface area (Å²) in [6.07, 6.45) is -0.126. The van der Waals surface area contributed by atoms with Crippen molar-refractivity contribution in [3.05, 3.63) is 0 Å². The van der Waals surface area contributed by atoms with Gasteiger partial charge < -0.3 is 16.0 Å². The second-order valence-electron chi connectivity index (χ2n) is 4.11. The number of hydrogen-bond acceptors (Lipinski definition) is 3. The minimum atomic E-state index is -0.291. The van der Waals surface area contributed by atoms with Crippen molar-refractivity contribution in [3.8, 4) is 0 Å². The minimum absolute atomic E-state index is 0.126. The molecule has 0 aromatic heterocycles. The van der Waals surface area contributed by atoms with Crippen molar-refractivity contribution in [3.63, 3.8) is 0 Å². The fourth-order valence-corrected chi connectivity index (χ4v) is 0.858. The summed E-state index contributed by atoms with van der Waals surface area (Å²) in [5, 5.41) is 8.00. The topological polar surface area (TPSA) is 70.2 Å². The lowest BCUT2D eigenvalue weighted by molar-refractivity contribution is -0.130. The lowest BCUT2D eigenvalue weighted by atomic mass is 10.1. The highest BCUT2D eigenvalue weighted by Gasteiger charge is 2.15. The third-order valence-corrected chi connectivity index (χ3v) is 1.30. The summed E-state index contributed by atoms with van der Waals surface area (Å²) in [6.45, 7) is 5.99. The van der Waals surface area contributed by atoms with Crippen LogP contribution < -0.4 is 16.0 Å². The molecule has 0 saturated heterocycles. The molecular weight excluding hydrogens is 182 g/mol. The van der Waals surface area contributed by atoms with Crippen LogP contribution in [0.2, 0.25) is 0 Å². The van der Waals surface area contributed by atoms with Crippen LogP contribution >= 0.6 is 0 Å². The molecule has 2 amide bonds. The van der Waals surface area contributed by atoms with Gasteiger partial charge in [0.2, 0.25) is 11.8 Å². The van der Waals surface area contributed by atoms with E-state index in [2.05, 4.69) is 16.0 Å². The first-order chi connectivity index (χ1) is 6.35. The van der Waals surface area contributed by atoms with Gasteiger partial charge in [-0.3, -0.25) is 9.59 Å². The number of carbonyl (C=O) groups is 2. The molecule has 0 unspecified atom stereocenters. The van der Waals surface area contributed by atoms with Crippen LogP contribution in [-0.2, 0) is 9.59 Å². The average Bonchev–Trinajstić information content (AvgIpc) is 1.96. The normalized spacial score (nSPS) is 10.9. The molecule has 0 saturated carbocycles. The molecule has 0 atom stereocenters. The van der Waals surface area contributed by atoms with Crippen LogP contribution in [0, 0.1) is 0 Å². The smallest absolute Gasteiger partial charge is 0.230 e. The molecule has 5 heteroatoms. The molecule has 82 valence electrons. The van der Waals surface area contributed by atoms with E-state index in [-0.39, 0.29) is 23.8 Å². The first kappa shape index (κ1) is 12.9. The van der Waals surface area contributed by atoms with Gasteiger partial charge in [-0.15, -0.1) is 0 Å². The van der Waals surface area contributed by atoms with Crippen LogP contribution in [0.4, 0.5) is 0 Å². The van der Waals surface area contributed by atoms with Gasteiger partial charge in [-0.1, -0.05) is 0 Å². The van der Waals surface area contributed by atoms with Crippen molar-refractivity contribution in [2.75, 3.05) is 13.7 Å². The van der Waals surface area contributed by atoms with E-state index in [4.69, 9.17) is 0 Å². The number of amides is 2. The molecule has 0 heterocycles. The van der Waals surface area contributed by atoms with Gasteiger partial charge in [-0.05, 0) is 27.8 Å². The van der Waals surface area contributed by atoms with E-state index in [1.165, 1.54) is 0 Å². The van der Waals surface area contributed by atoms with Crippen LogP contribution in [0.3, 0.4) is 0 Å². The summed E-state index contributed by atoms with van der Waals surface area (Å²) in [5.41, 5.74) is -0.291. The monoisotopic (exact) mass is 201 g/mol. The summed E-state index contributed by atoms with van der Waals surface area (Å²) in [6, 6.07) is 0. The van der Waals surface area contributed by atoms with E-state index in [9.17, 15) is 9.59 Å². The number of hydrogen-bond donors (Lipinski definition) is 3. The molecule has 0 aromatic carbocycles. The number of carbonyl (C=O) groups excluding carboxylic acids is 2. The van der Waals surface area contributed by atoms with Crippen molar-refractivity contribution in [2.24, 2.45) is 0 Å². The number of rotatable bonds is 4. The molecule has 0 aliphatic carbocycles. The van der Waals surface area contributed by atoms with Crippen LogP contribution in [0.25, 0.3) is 0 Å². The van der Waals surface area contributed by atoms with Gasteiger partial charge in [-0.2, -0.15) is 0 Å². The first-order valence-corrected chi connectivity index (χ1v) is 4.57. The van der Waals surface area contributed by atoms with Crippen LogP contribution in [0.15, 0.2) is 0 Å². The summed E-state index contributed by atoms with van der Waals surface area (Å²) in [7, 11) is 1.72. The maximum atomic E-state index is 11.2. The molecule has 0 aromatic rings. The van der Waals surface area contributed by atoms with E-state index < -0.39 is 0 Å². The van der Waals surface area contributed by atoms with Gasteiger partial charge in [0, 0.05) is 5.54 Å². The zero-order valence-corrected chi connectivity index (χ0v) is 9.23. The SMILES string of the molecule is CNCNC(=O)CC(=O)NC(C)(C)C. The van der Waals surface area contributed by atoms with Crippen LogP contribution in [0.1, 0.15) is 27.2 Å². The van der Waals surface area contributed by atoms with Crippen molar-refractivity contribution in [1.82, 2.24) is 16.0 Å². The third-order valence-electron chi connectivity index (χ3n) is 1.30. The van der Waals surface area contributed by atoms with E-state index in [0.29, 0.717) is 6.67 Å². The predicted molar refractivity (Wildman–Crippen MR) is 54.6 cm³/mol. The molecule has 0 aliphatic rings. The lowest BCUT2D eigenvalue weighted by Gasteiger charge is -2.20. The average molecular weight is 201 g/mol. The molecule has 0 bridgehead atoms. The summed E-state index contributed by atoms with van der Waals surface area (Å²) in [4.78, 5) is 22.3. The predicted octanol–water partition coefficient (Wildman–Crippen LogP) is -0.416. The van der Waals surface area contributed by atoms with Gasteiger partial charge >= 0.3 is 0 Å². The quantitative estimate of drug-likeness (QED) is 0.427. The molecule has 5 nitrogen and oxygen atoms in total. The van der Waals surface area contributed by atoms with Gasteiger partial charge in [0.1, 0.15) is 6.42 Å². The van der Waals surface area contributed by atoms with Crippen LogP contribution in [-0.4, -0.2) is 31.1 Å². The standard InChI is InChI=1S/C9H19N3O2/c1-9(2,3)12-8(14)5-7(13)11-6-10-4/h10H,5-6H2,1-4H3,(H,11,13)(H,12,14). The van der Waals surface area contributed by atoms with Crippen LogP contribution in [0.5, 0.6) is 0 Å². The highest BCUT2D eigenvalue weighted by atomic mass is 16.2. The molecule has 3 N–H and O–H groups in total. The van der Waals surface area contributed by atoms with E-state index in [1.807, 2.05) is 20.8 Å². The fraction of sp³-hybridized carbons (Fsp3) is 0.778. The number of nitrogens with one attached hydrogen (secondary N) is 3. The first-order valence-electron chi connectivity index (χ1n) is 4.57. The Balaban J connectivity index is 3.78. The Morgan fingerprint density at radius 3 is 2.14 bits per heavy atom. The van der Waals surface area contributed by atoms with Gasteiger partial charge in [0.15, 0.2) is 0 Å². The maximum Gasteiger partial charge on any atom is 0.230 e. The Hall–Kier alpha value is -1.10. The Bertz CT molecular complexity index is 209. The van der Waals surface area contributed by atoms with Crippen molar-refractivity contribution in [2.45, 2.75) is 32.7 Å². The summed E-state index contributed by atoms with van der Waals surface area (Å²) in [5.74, 6) is -0.535. The van der Waals surface area contributed by atoms with E-state index in [0.717, 1.165) is 0 Å². The molecule has 0 fully saturated rings. The second kappa shape index (κ2) is 5.59. The zero-order valence-electron chi connectivity index (χ0n) is 9.23. The van der Waals surface area contributed by atoms with Gasteiger partial charge in [-0.25, -0.2) is 0 Å². The van der Waals surface area contributed by atoms with Crippen molar-refractivity contribution < 1.29 is 9.59 Å². The van der Waals surface area contributed by atoms with Gasteiger partial charge in [0.05, 0.1) is 6.67 Å². The Labute approximate surface area is 84.6 Å². The highest BCUT2D eigenvalue weighted by molar-refractivity contribution is 5.97. The Morgan fingerprint density at radius 1 is 1.14 bits per heavy atom. The summed E-state index contributed by atoms with van der Waals surface area (Å²) >= 11 is 0. The van der Waals surface area contributed by atoms with E-state index >= 15 is 0 Å². The van der Waals surface area contributed by atoms with E-state index in [1.54, 1.807) is 7.05 Å². The van der Waals surface area contributed by atoms with Crippen molar-refractivity contribution >= 4 is 11.8 Å². The molecule has 0 rings (SSSR count). The van der Waals surface area contributed by atoms with Gasteiger partial charge in [0.25, 0.3) is 0 Å². The lowest BCUT2D eigenvalue weighted by Crippen LogP contribution is -2.43. The maximum absolute atomic E-state index is 11.2. The highest BCUT2D eigenvalue weighted by Crippen LogP contribution is 1.98. The second-order valence-corrected chi connectivity index (χ2v) is 4.11. The largest absolute Gasteiger partial charge is 0.351 e. The van der Waals surface area contributed by atoms with Crippen molar-refractivity contribution in [1.29, 1.82) is 0 Å². The zero-order chi connectivity index (χ0) is 11.2. The Kier molecular flexibility index (Phi) is 5.15. The fourth-order valence-electron chi connectivity index (χ4n) is 0.858. The summed E-state index contributed by atoms with van der Waals surface area (Å²) < 4.78 is 0. The molecule has 0 aliphatic heterocycles. The minimum Gasteiger partial charge on any atom is -0.351 e. The molecule has 14 heavy (non-hydrogen) atoms. The Morgan fingerprint density at radius 2 is 1.71 bits per heavy atom. The molecular formula is C9H19N3O2.